The molecule has 18 heavy (non-hydrogen) atoms. The highest BCUT2D eigenvalue weighted by Gasteiger charge is 2.32. The van der Waals surface area contributed by atoms with Crippen LogP contribution in [0.1, 0.15) is 15.9 Å². The summed E-state index contributed by atoms with van der Waals surface area (Å²) in [4.78, 5) is 10.4. The summed E-state index contributed by atoms with van der Waals surface area (Å²) < 4.78 is 76.8. The van der Waals surface area contributed by atoms with E-state index in [1.54, 1.807) is 0 Å². The molecular weight excluding hydrogens is 266 g/mol. The molecule has 8 heteroatoms. The third-order valence-corrected chi connectivity index (χ3v) is 1.79. The molecule has 2 nitrogen and oxygen atoms in total. The fraction of sp³-hybridized carbons (Fsp3) is 0.300. The molecule has 0 aliphatic rings. The van der Waals surface area contributed by atoms with Crippen LogP contribution in [0.2, 0.25) is 0 Å². The quantitative estimate of drug-likeness (QED) is 0.622. The van der Waals surface area contributed by atoms with Gasteiger partial charge in [0.2, 0.25) is 0 Å². The van der Waals surface area contributed by atoms with E-state index in [0.29, 0.717) is 12.1 Å². The monoisotopic (exact) mass is 272 g/mol. The average Bonchev–Trinajstić information content (AvgIpc) is 2.24. The molecule has 0 saturated heterocycles. The number of alkyl halides is 6. The summed E-state index contributed by atoms with van der Waals surface area (Å²) in [6, 6.07) is 1.72. The van der Waals surface area contributed by atoms with E-state index in [4.69, 9.17) is 0 Å². The van der Waals surface area contributed by atoms with Crippen molar-refractivity contribution >= 4 is 6.29 Å². The average molecular weight is 272 g/mol. The van der Waals surface area contributed by atoms with Gasteiger partial charge in [0.25, 0.3) is 0 Å². The minimum absolute atomic E-state index is 0.0929. The first-order chi connectivity index (χ1) is 8.12. The van der Waals surface area contributed by atoms with Gasteiger partial charge in [-0.25, -0.2) is 0 Å². The molecule has 0 aromatic heterocycles. The summed E-state index contributed by atoms with van der Waals surface area (Å²) in [6.07, 6.45) is -9.35. The van der Waals surface area contributed by atoms with Crippen LogP contribution in [0, 0.1) is 0 Å². The molecule has 0 unspecified atom stereocenters. The van der Waals surface area contributed by atoms with Gasteiger partial charge in [0.1, 0.15) is 12.0 Å². The Balaban J connectivity index is 3.02. The van der Waals surface area contributed by atoms with Gasteiger partial charge in [0.05, 0.1) is 5.56 Å². The summed E-state index contributed by atoms with van der Waals surface area (Å²) in [5.41, 5.74) is -1.66. The Labute approximate surface area is 97.2 Å². The summed E-state index contributed by atoms with van der Waals surface area (Å²) in [7, 11) is 0. The predicted molar refractivity (Wildman–Crippen MR) is 48.4 cm³/mol. The topological polar surface area (TPSA) is 26.3 Å². The Bertz CT molecular complexity index is 435. The van der Waals surface area contributed by atoms with E-state index in [1.165, 1.54) is 0 Å². The van der Waals surface area contributed by atoms with Crippen LogP contribution in [0.5, 0.6) is 5.75 Å². The van der Waals surface area contributed by atoms with Crippen LogP contribution >= 0.6 is 0 Å². The fourth-order valence-corrected chi connectivity index (χ4v) is 1.10. The zero-order valence-corrected chi connectivity index (χ0v) is 8.60. The van der Waals surface area contributed by atoms with E-state index in [9.17, 15) is 31.1 Å². The molecule has 1 aromatic carbocycles. The summed E-state index contributed by atoms with van der Waals surface area (Å²) in [5, 5.41) is 0. The lowest BCUT2D eigenvalue weighted by Crippen LogP contribution is -2.19. The van der Waals surface area contributed by atoms with Crippen LogP contribution in [0.4, 0.5) is 26.3 Å². The first kappa shape index (κ1) is 14.3. The first-order valence-electron chi connectivity index (χ1n) is 4.49. The van der Waals surface area contributed by atoms with Gasteiger partial charge in [0.15, 0.2) is 6.61 Å². The third-order valence-electron chi connectivity index (χ3n) is 1.79. The van der Waals surface area contributed by atoms with Crippen molar-refractivity contribution in [2.75, 3.05) is 6.61 Å². The molecule has 0 aliphatic carbocycles. The first-order valence-corrected chi connectivity index (χ1v) is 4.49. The van der Waals surface area contributed by atoms with Gasteiger partial charge in [-0.2, -0.15) is 26.3 Å². The van der Waals surface area contributed by atoms with Crippen LogP contribution in [0.25, 0.3) is 0 Å². The second-order valence-electron chi connectivity index (χ2n) is 3.31. The number of rotatable bonds is 3. The maximum absolute atomic E-state index is 12.4. The van der Waals surface area contributed by atoms with Gasteiger partial charge in [0, 0.05) is 5.56 Å². The molecule has 0 heterocycles. The Morgan fingerprint density at radius 1 is 1.06 bits per heavy atom. The van der Waals surface area contributed by atoms with Gasteiger partial charge >= 0.3 is 12.4 Å². The third kappa shape index (κ3) is 4.27. The molecule has 0 atom stereocenters. The summed E-state index contributed by atoms with van der Waals surface area (Å²) in [6.45, 7) is -1.73. The van der Waals surface area contributed by atoms with Crippen molar-refractivity contribution in [2.45, 2.75) is 12.4 Å². The smallest absolute Gasteiger partial charge is 0.422 e. The highest BCUT2D eigenvalue weighted by atomic mass is 19.4. The second-order valence-corrected chi connectivity index (χ2v) is 3.31. The van der Waals surface area contributed by atoms with Crippen molar-refractivity contribution < 1.29 is 35.9 Å². The number of hydrogen-bond acceptors (Lipinski definition) is 2. The molecule has 1 rings (SSSR count). The Morgan fingerprint density at radius 3 is 2.11 bits per heavy atom. The largest absolute Gasteiger partial charge is 0.484 e. The summed E-state index contributed by atoms with van der Waals surface area (Å²) >= 11 is 0. The van der Waals surface area contributed by atoms with Crippen molar-refractivity contribution in [2.24, 2.45) is 0 Å². The van der Waals surface area contributed by atoms with Crippen LogP contribution in [-0.4, -0.2) is 19.1 Å². The van der Waals surface area contributed by atoms with E-state index in [0.717, 1.165) is 6.07 Å². The molecule has 0 bridgehead atoms. The van der Waals surface area contributed by atoms with Crippen molar-refractivity contribution in [3.05, 3.63) is 29.3 Å². The van der Waals surface area contributed by atoms with Crippen LogP contribution in [-0.2, 0) is 6.18 Å². The molecule has 0 saturated carbocycles. The van der Waals surface area contributed by atoms with Gasteiger partial charge in [-0.15, -0.1) is 0 Å². The molecule has 0 aliphatic heterocycles. The normalized spacial score (nSPS) is 12.3. The van der Waals surface area contributed by atoms with Gasteiger partial charge < -0.3 is 4.74 Å². The van der Waals surface area contributed by atoms with E-state index in [-0.39, 0.29) is 6.29 Å². The number of benzene rings is 1. The molecule has 0 fully saturated rings. The minimum atomic E-state index is -4.77. The molecule has 1 aromatic rings. The van der Waals surface area contributed by atoms with Gasteiger partial charge in [-0.05, 0) is 18.2 Å². The standard InChI is InChI=1S/C10H6F6O2/c11-9(12,13)5-18-8-2-6(4-17)1-7(3-8)10(14,15)16/h1-4H,5H2. The maximum atomic E-state index is 12.4. The van der Waals surface area contributed by atoms with Gasteiger partial charge in [-0.1, -0.05) is 0 Å². The number of ether oxygens (including phenoxy) is 1. The number of aldehydes is 1. The van der Waals surface area contributed by atoms with Crippen molar-refractivity contribution in [3.63, 3.8) is 0 Å². The van der Waals surface area contributed by atoms with Crippen molar-refractivity contribution in [3.8, 4) is 5.75 Å². The summed E-state index contributed by atoms with van der Waals surface area (Å²) in [5.74, 6) is -0.663. The lowest BCUT2D eigenvalue weighted by atomic mass is 10.1. The van der Waals surface area contributed by atoms with E-state index >= 15 is 0 Å². The zero-order valence-electron chi connectivity index (χ0n) is 8.60. The maximum Gasteiger partial charge on any atom is 0.422 e. The van der Waals surface area contributed by atoms with E-state index < -0.39 is 35.8 Å². The second kappa shape index (κ2) is 4.87. The molecule has 0 radical (unpaired) electrons. The molecular formula is C10H6F6O2. The lowest BCUT2D eigenvalue weighted by Gasteiger charge is -2.12. The number of halogens is 6. The Morgan fingerprint density at radius 2 is 1.67 bits per heavy atom. The fourth-order valence-electron chi connectivity index (χ4n) is 1.10. The van der Waals surface area contributed by atoms with Crippen molar-refractivity contribution in [1.29, 1.82) is 0 Å². The van der Waals surface area contributed by atoms with Crippen molar-refractivity contribution in [1.82, 2.24) is 0 Å². The highest BCUT2D eigenvalue weighted by molar-refractivity contribution is 5.76. The van der Waals surface area contributed by atoms with Crippen LogP contribution in [0.3, 0.4) is 0 Å². The predicted octanol–water partition coefficient (Wildman–Crippen LogP) is 3.46. The van der Waals surface area contributed by atoms with Crippen LogP contribution < -0.4 is 4.74 Å². The Hall–Kier alpha value is -1.73. The van der Waals surface area contributed by atoms with E-state index in [1.807, 2.05) is 0 Å². The molecule has 0 amide bonds. The minimum Gasteiger partial charge on any atom is -0.484 e. The molecule has 0 spiro atoms. The molecule has 100 valence electrons. The highest BCUT2D eigenvalue weighted by Crippen LogP contribution is 2.32. The number of carbonyl (C=O) groups excluding carboxylic acids is 1. The van der Waals surface area contributed by atoms with Gasteiger partial charge in [-0.3, -0.25) is 4.79 Å². The number of hydrogen-bond donors (Lipinski definition) is 0. The lowest BCUT2D eigenvalue weighted by molar-refractivity contribution is -0.153. The molecule has 0 N–H and O–H groups in total. The zero-order chi connectivity index (χ0) is 14.0. The number of carbonyl (C=O) groups is 1. The SMILES string of the molecule is O=Cc1cc(OCC(F)(F)F)cc(C(F)(F)F)c1. The Kier molecular flexibility index (Phi) is 3.88. The van der Waals surface area contributed by atoms with E-state index in [2.05, 4.69) is 4.74 Å². The van der Waals surface area contributed by atoms with Crippen LogP contribution in [0.15, 0.2) is 18.2 Å².